The van der Waals surface area contributed by atoms with Gasteiger partial charge in [0.15, 0.2) is 5.78 Å². The Morgan fingerprint density at radius 1 is 1.07 bits per heavy atom. The Hall–Kier alpha value is -1.63. The topological polar surface area (TPSA) is 61.2 Å². The molecule has 4 heteroatoms. The maximum atomic E-state index is 12.8. The molecular weight excluding hydrogens is 336 g/mol. The number of nitriles is 1. The number of rotatable bonds is 1. The maximum absolute atomic E-state index is 12.8. The number of allylic oxidation sites excluding steroid dienone is 1. The van der Waals surface area contributed by atoms with E-state index in [2.05, 4.69) is 19.9 Å². The highest BCUT2D eigenvalue weighted by molar-refractivity contribution is 6.01. The van der Waals surface area contributed by atoms with E-state index in [9.17, 15) is 14.9 Å². The molecule has 3 fully saturated rings. The maximum Gasteiger partial charge on any atom is 0.225 e. The van der Waals surface area contributed by atoms with Crippen LogP contribution in [0.2, 0.25) is 0 Å². The minimum absolute atomic E-state index is 0.00681. The molecule has 3 saturated carbocycles. The Morgan fingerprint density at radius 2 is 1.81 bits per heavy atom. The van der Waals surface area contributed by atoms with Crippen molar-refractivity contribution in [2.75, 3.05) is 14.1 Å². The van der Waals surface area contributed by atoms with Gasteiger partial charge in [-0.2, -0.15) is 5.26 Å². The summed E-state index contributed by atoms with van der Waals surface area (Å²) in [6.45, 7) is 4.69. The standard InChI is InChI=1S/C23H32N2O2/c1-22-12-10-20(26)15(13-24)17(22)6-5-14-16-7-8-19(21(27)25(3)4)23(16,2)11-9-18(14)22/h14,16,18-19H,5-12H2,1-4H3/t14-,16-,18-,19+,22-,23-/m0/s1. The molecule has 27 heavy (non-hydrogen) atoms. The molecular formula is C23H32N2O2. The summed E-state index contributed by atoms with van der Waals surface area (Å²) in [6, 6.07) is 2.24. The van der Waals surface area contributed by atoms with Crippen LogP contribution < -0.4 is 0 Å². The number of Topliss-reactive ketones (excluding diaryl/α,β-unsaturated/α-hetero) is 1. The second-order valence-electron chi connectivity index (χ2n) is 10.1. The predicted molar refractivity (Wildman–Crippen MR) is 103 cm³/mol. The molecule has 0 heterocycles. The van der Waals surface area contributed by atoms with E-state index in [-0.39, 0.29) is 22.5 Å². The van der Waals surface area contributed by atoms with Gasteiger partial charge in [-0.3, -0.25) is 9.59 Å². The van der Waals surface area contributed by atoms with Crippen LogP contribution in [0, 0.1) is 45.8 Å². The SMILES string of the molecule is CN(C)C(=O)[C@H]1CC[C@H]2[C@@H]3CCC4=C(C#N)C(=O)CC[C@]4(C)[C@H]3CC[C@]12C. The monoisotopic (exact) mass is 368 g/mol. The van der Waals surface area contributed by atoms with E-state index in [0.717, 1.165) is 50.5 Å². The zero-order valence-electron chi connectivity index (χ0n) is 17.2. The van der Waals surface area contributed by atoms with Crippen LogP contribution in [-0.4, -0.2) is 30.7 Å². The first-order chi connectivity index (χ1) is 12.7. The highest BCUT2D eigenvalue weighted by Gasteiger charge is 2.60. The zero-order valence-corrected chi connectivity index (χ0v) is 17.2. The summed E-state index contributed by atoms with van der Waals surface area (Å²) >= 11 is 0. The van der Waals surface area contributed by atoms with Gasteiger partial charge in [-0.25, -0.2) is 0 Å². The van der Waals surface area contributed by atoms with Crippen LogP contribution in [0.25, 0.3) is 0 Å². The van der Waals surface area contributed by atoms with Gasteiger partial charge in [0.2, 0.25) is 5.91 Å². The van der Waals surface area contributed by atoms with Gasteiger partial charge in [-0.05, 0) is 79.1 Å². The van der Waals surface area contributed by atoms with E-state index in [1.54, 1.807) is 4.90 Å². The van der Waals surface area contributed by atoms with Gasteiger partial charge in [0.1, 0.15) is 6.07 Å². The van der Waals surface area contributed by atoms with Gasteiger partial charge >= 0.3 is 0 Å². The van der Waals surface area contributed by atoms with E-state index >= 15 is 0 Å². The lowest BCUT2D eigenvalue weighted by atomic mass is 9.46. The molecule has 0 radical (unpaired) electrons. The summed E-state index contributed by atoms with van der Waals surface area (Å²) in [7, 11) is 3.76. The fourth-order valence-electron chi connectivity index (χ4n) is 7.56. The molecule has 0 unspecified atom stereocenters. The summed E-state index contributed by atoms with van der Waals surface area (Å²) in [4.78, 5) is 26.9. The van der Waals surface area contributed by atoms with E-state index < -0.39 is 0 Å². The minimum Gasteiger partial charge on any atom is -0.349 e. The largest absolute Gasteiger partial charge is 0.349 e. The third kappa shape index (κ3) is 2.46. The van der Waals surface area contributed by atoms with Gasteiger partial charge < -0.3 is 4.90 Å². The number of ketones is 1. The van der Waals surface area contributed by atoms with Gasteiger partial charge in [0, 0.05) is 26.4 Å². The average molecular weight is 369 g/mol. The van der Waals surface area contributed by atoms with Crippen LogP contribution in [0.15, 0.2) is 11.1 Å². The van der Waals surface area contributed by atoms with Crippen LogP contribution in [0.3, 0.4) is 0 Å². The van der Waals surface area contributed by atoms with Gasteiger partial charge in [0.05, 0.1) is 5.57 Å². The highest BCUT2D eigenvalue weighted by Crippen LogP contribution is 2.67. The van der Waals surface area contributed by atoms with Crippen molar-refractivity contribution in [3.05, 3.63) is 11.1 Å². The minimum atomic E-state index is 0.00681. The van der Waals surface area contributed by atoms with Gasteiger partial charge in [-0.15, -0.1) is 0 Å². The second-order valence-corrected chi connectivity index (χ2v) is 10.1. The molecule has 0 aliphatic heterocycles. The smallest absolute Gasteiger partial charge is 0.225 e. The third-order valence-electron chi connectivity index (χ3n) is 8.98. The molecule has 0 N–H and O–H groups in total. The number of amides is 1. The molecule has 4 aliphatic carbocycles. The van der Waals surface area contributed by atoms with E-state index in [1.165, 1.54) is 0 Å². The number of hydrogen-bond donors (Lipinski definition) is 0. The Labute approximate surface area is 163 Å². The van der Waals surface area contributed by atoms with Crippen LogP contribution in [-0.2, 0) is 9.59 Å². The number of nitrogens with zero attached hydrogens (tertiary/aromatic N) is 2. The molecule has 0 aromatic rings. The molecule has 1 amide bonds. The van der Waals surface area contributed by atoms with Crippen molar-refractivity contribution in [1.82, 2.24) is 4.90 Å². The number of hydrogen-bond acceptors (Lipinski definition) is 3. The van der Waals surface area contributed by atoms with Gasteiger partial charge in [0.25, 0.3) is 0 Å². The van der Waals surface area contributed by atoms with Crippen LogP contribution in [0.5, 0.6) is 0 Å². The van der Waals surface area contributed by atoms with E-state index in [4.69, 9.17) is 0 Å². The summed E-state index contributed by atoms with van der Waals surface area (Å²) < 4.78 is 0. The van der Waals surface area contributed by atoms with Crippen molar-refractivity contribution >= 4 is 11.7 Å². The number of carbonyl (C=O) groups is 2. The molecule has 0 aromatic heterocycles. The fourth-order valence-corrected chi connectivity index (χ4v) is 7.56. The Morgan fingerprint density at radius 3 is 2.48 bits per heavy atom. The first-order valence-corrected chi connectivity index (χ1v) is 10.6. The number of carbonyl (C=O) groups excluding carboxylic acids is 2. The zero-order chi connectivity index (χ0) is 19.6. The summed E-state index contributed by atoms with van der Waals surface area (Å²) in [6.07, 6.45) is 7.79. The summed E-state index contributed by atoms with van der Waals surface area (Å²) in [5.74, 6) is 2.31. The summed E-state index contributed by atoms with van der Waals surface area (Å²) in [5, 5.41) is 9.58. The lowest BCUT2D eigenvalue weighted by molar-refractivity contribution is -0.140. The molecule has 6 atom stereocenters. The fraction of sp³-hybridized carbons (Fsp3) is 0.783. The first kappa shape index (κ1) is 18.7. The number of fused-ring (bicyclic) bond motifs is 5. The van der Waals surface area contributed by atoms with Crippen molar-refractivity contribution in [2.24, 2.45) is 34.5 Å². The molecule has 0 saturated heterocycles. The van der Waals surface area contributed by atoms with Crippen LogP contribution >= 0.6 is 0 Å². The van der Waals surface area contributed by atoms with E-state index in [0.29, 0.717) is 35.7 Å². The predicted octanol–water partition coefficient (Wildman–Crippen LogP) is 4.12. The third-order valence-corrected chi connectivity index (χ3v) is 8.98. The summed E-state index contributed by atoms with van der Waals surface area (Å²) in [5.41, 5.74) is 1.75. The van der Waals surface area contributed by atoms with Crippen molar-refractivity contribution in [1.29, 1.82) is 5.26 Å². The quantitative estimate of drug-likeness (QED) is 0.699. The first-order valence-electron chi connectivity index (χ1n) is 10.6. The second kappa shape index (κ2) is 6.19. The average Bonchev–Trinajstić information content (AvgIpc) is 2.98. The van der Waals surface area contributed by atoms with Crippen LogP contribution in [0.4, 0.5) is 0 Å². The van der Waals surface area contributed by atoms with Crippen molar-refractivity contribution in [2.45, 2.75) is 65.2 Å². The molecule has 4 nitrogen and oxygen atoms in total. The molecule has 4 rings (SSSR count). The lowest BCUT2D eigenvalue weighted by Crippen LogP contribution is -2.52. The van der Waals surface area contributed by atoms with Crippen molar-refractivity contribution in [3.8, 4) is 6.07 Å². The molecule has 0 bridgehead atoms. The molecule has 146 valence electrons. The Bertz CT molecular complexity index is 761. The van der Waals surface area contributed by atoms with Gasteiger partial charge in [-0.1, -0.05) is 13.8 Å². The Kier molecular flexibility index (Phi) is 4.29. The normalized spacial score (nSPS) is 43.4. The van der Waals surface area contributed by atoms with E-state index in [1.807, 2.05) is 14.1 Å². The van der Waals surface area contributed by atoms with Crippen molar-refractivity contribution in [3.63, 3.8) is 0 Å². The highest BCUT2D eigenvalue weighted by atomic mass is 16.2. The molecule has 0 spiro atoms. The Balaban J connectivity index is 1.68. The molecule has 4 aliphatic rings. The van der Waals surface area contributed by atoms with Crippen molar-refractivity contribution < 1.29 is 9.59 Å². The van der Waals surface area contributed by atoms with Crippen LogP contribution in [0.1, 0.15) is 65.2 Å². The molecule has 0 aromatic carbocycles. The lowest BCUT2D eigenvalue weighted by Gasteiger charge is -2.58.